The quantitative estimate of drug-likeness (QED) is 0.534. The Morgan fingerprint density at radius 2 is 1.97 bits per heavy atom. The normalized spacial score (nSPS) is 20.2. The SMILES string of the molecule is CCOc1ccc(C(C2=C(O)OC3(CCCCC3)OC2=O)C(C#N)C(N)=S)cc1. The van der Waals surface area contributed by atoms with Crippen molar-refractivity contribution in [2.24, 2.45) is 11.7 Å². The van der Waals surface area contributed by atoms with Gasteiger partial charge in [0, 0.05) is 18.8 Å². The first kappa shape index (κ1) is 20.9. The largest absolute Gasteiger partial charge is 0.494 e. The maximum Gasteiger partial charge on any atom is 0.345 e. The van der Waals surface area contributed by atoms with Crippen LogP contribution in [0.25, 0.3) is 0 Å². The van der Waals surface area contributed by atoms with Crippen LogP contribution in [0, 0.1) is 17.2 Å². The highest BCUT2D eigenvalue weighted by Gasteiger charge is 2.48. The first-order valence-corrected chi connectivity index (χ1v) is 10.1. The van der Waals surface area contributed by atoms with E-state index in [-0.39, 0.29) is 10.6 Å². The van der Waals surface area contributed by atoms with Gasteiger partial charge in [0.05, 0.1) is 17.7 Å². The van der Waals surface area contributed by atoms with Crippen molar-refractivity contribution in [2.45, 2.75) is 50.7 Å². The first-order valence-electron chi connectivity index (χ1n) is 9.68. The third kappa shape index (κ3) is 4.30. The maximum atomic E-state index is 13.0. The Kier molecular flexibility index (Phi) is 6.28. The molecule has 7 nitrogen and oxygen atoms in total. The number of ether oxygens (including phenoxy) is 3. The summed E-state index contributed by atoms with van der Waals surface area (Å²) < 4.78 is 16.8. The summed E-state index contributed by atoms with van der Waals surface area (Å²) in [6.45, 7) is 2.37. The van der Waals surface area contributed by atoms with Crippen molar-refractivity contribution in [2.75, 3.05) is 6.61 Å². The lowest BCUT2D eigenvalue weighted by atomic mass is 9.80. The number of nitrogens with two attached hydrogens (primary N) is 1. The predicted octanol–water partition coefficient (Wildman–Crippen LogP) is 3.60. The van der Waals surface area contributed by atoms with Crippen LogP contribution in [-0.4, -0.2) is 28.5 Å². The molecule has 3 N–H and O–H groups in total. The van der Waals surface area contributed by atoms with Gasteiger partial charge in [-0.3, -0.25) is 0 Å². The van der Waals surface area contributed by atoms with Crippen LogP contribution in [-0.2, 0) is 14.3 Å². The van der Waals surface area contributed by atoms with Gasteiger partial charge < -0.3 is 25.1 Å². The standard InChI is InChI=1S/C21H24N2O5S/c1-2-26-14-8-6-13(7-9-14)16(15(12-22)18(23)29)17-19(24)27-21(28-20(17)25)10-4-3-5-11-21/h6-9,15-16,24H,2-5,10-11H2,1H3,(H2,23,29). The van der Waals surface area contributed by atoms with Crippen molar-refractivity contribution in [3.63, 3.8) is 0 Å². The molecule has 0 amide bonds. The summed E-state index contributed by atoms with van der Waals surface area (Å²) in [5.41, 5.74) is 6.20. The molecular weight excluding hydrogens is 392 g/mol. The number of esters is 1. The molecule has 3 rings (SSSR count). The van der Waals surface area contributed by atoms with Crippen LogP contribution in [0.2, 0.25) is 0 Å². The van der Waals surface area contributed by atoms with Crippen LogP contribution >= 0.6 is 12.2 Å². The summed E-state index contributed by atoms with van der Waals surface area (Å²) in [5, 5.41) is 20.4. The second kappa shape index (κ2) is 8.70. The molecule has 2 unspecified atom stereocenters. The Morgan fingerprint density at radius 3 is 2.48 bits per heavy atom. The number of carbonyl (C=O) groups is 1. The molecule has 1 heterocycles. The number of nitriles is 1. The van der Waals surface area contributed by atoms with Crippen molar-refractivity contribution in [1.82, 2.24) is 0 Å². The highest BCUT2D eigenvalue weighted by atomic mass is 32.1. The summed E-state index contributed by atoms with van der Waals surface area (Å²) >= 11 is 5.06. The monoisotopic (exact) mass is 416 g/mol. The molecule has 1 aromatic carbocycles. The molecule has 154 valence electrons. The topological polar surface area (TPSA) is 115 Å². The summed E-state index contributed by atoms with van der Waals surface area (Å²) in [6.07, 6.45) is 3.73. The summed E-state index contributed by atoms with van der Waals surface area (Å²) in [4.78, 5) is 12.9. The molecule has 0 bridgehead atoms. The molecule has 0 saturated heterocycles. The average molecular weight is 416 g/mol. The van der Waals surface area contributed by atoms with Crippen molar-refractivity contribution in [1.29, 1.82) is 5.26 Å². The van der Waals surface area contributed by atoms with E-state index in [0.29, 0.717) is 30.8 Å². The second-order valence-corrected chi connectivity index (χ2v) is 7.64. The third-order valence-electron chi connectivity index (χ3n) is 5.27. The fourth-order valence-corrected chi connectivity index (χ4v) is 4.07. The number of carbonyl (C=O) groups excluding carboxylic acids is 1. The predicted molar refractivity (Wildman–Crippen MR) is 109 cm³/mol. The van der Waals surface area contributed by atoms with E-state index in [0.717, 1.165) is 19.3 Å². The molecule has 2 aliphatic rings. The number of aliphatic hydroxyl groups excluding tert-OH is 1. The van der Waals surface area contributed by atoms with Gasteiger partial charge in [-0.25, -0.2) is 4.79 Å². The van der Waals surface area contributed by atoms with E-state index in [4.69, 9.17) is 32.2 Å². The van der Waals surface area contributed by atoms with Crippen LogP contribution in [0.15, 0.2) is 35.8 Å². The molecule has 1 aromatic rings. The van der Waals surface area contributed by atoms with Gasteiger partial charge in [-0.2, -0.15) is 5.26 Å². The van der Waals surface area contributed by atoms with E-state index in [1.807, 2.05) is 13.0 Å². The minimum absolute atomic E-state index is 0.0857. The molecule has 0 aromatic heterocycles. The number of hydrogen-bond acceptors (Lipinski definition) is 7. The lowest BCUT2D eigenvalue weighted by Gasteiger charge is -2.40. The zero-order valence-electron chi connectivity index (χ0n) is 16.2. The molecule has 1 fully saturated rings. The second-order valence-electron chi connectivity index (χ2n) is 7.17. The number of aliphatic hydroxyl groups is 1. The first-order chi connectivity index (χ1) is 13.9. The van der Waals surface area contributed by atoms with Gasteiger partial charge in [0.15, 0.2) is 0 Å². The van der Waals surface area contributed by atoms with Gasteiger partial charge in [-0.15, -0.1) is 0 Å². The molecule has 8 heteroatoms. The minimum Gasteiger partial charge on any atom is -0.494 e. The Morgan fingerprint density at radius 1 is 1.31 bits per heavy atom. The minimum atomic E-state index is -1.14. The molecular formula is C21H24N2O5S. The Bertz CT molecular complexity index is 853. The van der Waals surface area contributed by atoms with E-state index in [9.17, 15) is 15.2 Å². The molecule has 1 spiro atoms. The summed E-state index contributed by atoms with van der Waals surface area (Å²) in [5.74, 6) is -3.71. The van der Waals surface area contributed by atoms with Gasteiger partial charge in [0.2, 0.25) is 0 Å². The smallest absolute Gasteiger partial charge is 0.345 e. The number of nitrogens with zero attached hydrogens (tertiary/aromatic N) is 1. The lowest BCUT2D eigenvalue weighted by Crippen LogP contribution is -2.45. The molecule has 29 heavy (non-hydrogen) atoms. The van der Waals surface area contributed by atoms with Crippen molar-refractivity contribution < 1.29 is 24.1 Å². The molecule has 1 saturated carbocycles. The van der Waals surface area contributed by atoms with Gasteiger partial charge in [-0.1, -0.05) is 30.8 Å². The Labute approximate surface area is 175 Å². The average Bonchev–Trinajstić information content (AvgIpc) is 2.68. The van der Waals surface area contributed by atoms with E-state index < -0.39 is 29.5 Å². The van der Waals surface area contributed by atoms with Gasteiger partial charge in [0.1, 0.15) is 17.2 Å². The van der Waals surface area contributed by atoms with Gasteiger partial charge in [-0.05, 0) is 37.5 Å². The molecule has 1 aliphatic heterocycles. The Balaban J connectivity index is 2.03. The summed E-state index contributed by atoms with van der Waals surface area (Å²) in [6, 6.07) is 8.89. The van der Waals surface area contributed by atoms with E-state index in [1.54, 1.807) is 24.3 Å². The number of rotatable bonds is 6. The third-order valence-corrected chi connectivity index (χ3v) is 5.52. The molecule has 1 aliphatic carbocycles. The van der Waals surface area contributed by atoms with Crippen LogP contribution in [0.1, 0.15) is 50.5 Å². The van der Waals surface area contributed by atoms with Gasteiger partial charge in [0.25, 0.3) is 11.7 Å². The van der Waals surface area contributed by atoms with Crippen LogP contribution < -0.4 is 10.5 Å². The highest BCUT2D eigenvalue weighted by molar-refractivity contribution is 7.80. The fraction of sp³-hybridized carbons (Fsp3) is 0.476. The Hall–Kier alpha value is -2.79. The lowest BCUT2D eigenvalue weighted by molar-refractivity contribution is -0.250. The zero-order valence-corrected chi connectivity index (χ0v) is 17.0. The summed E-state index contributed by atoms with van der Waals surface area (Å²) in [7, 11) is 0. The number of thiocarbonyl (C=S) groups is 1. The van der Waals surface area contributed by atoms with Crippen LogP contribution in [0.5, 0.6) is 5.75 Å². The highest BCUT2D eigenvalue weighted by Crippen LogP contribution is 2.43. The van der Waals surface area contributed by atoms with Crippen molar-refractivity contribution in [3.8, 4) is 11.8 Å². The van der Waals surface area contributed by atoms with E-state index in [1.165, 1.54) is 0 Å². The molecule has 2 atom stereocenters. The van der Waals surface area contributed by atoms with Crippen LogP contribution in [0.3, 0.4) is 0 Å². The molecule has 0 radical (unpaired) electrons. The maximum absolute atomic E-state index is 13.0. The van der Waals surface area contributed by atoms with Crippen molar-refractivity contribution >= 4 is 23.2 Å². The van der Waals surface area contributed by atoms with Crippen LogP contribution in [0.4, 0.5) is 0 Å². The number of hydrogen-bond donors (Lipinski definition) is 2. The number of benzene rings is 1. The fourth-order valence-electron chi connectivity index (χ4n) is 3.88. The zero-order chi connectivity index (χ0) is 21.0. The van der Waals surface area contributed by atoms with E-state index in [2.05, 4.69) is 0 Å². The van der Waals surface area contributed by atoms with Gasteiger partial charge >= 0.3 is 5.97 Å². The van der Waals surface area contributed by atoms with Crippen molar-refractivity contribution in [3.05, 3.63) is 41.3 Å². The van der Waals surface area contributed by atoms with E-state index >= 15 is 0 Å².